The Balaban J connectivity index is 1.85. The zero-order valence-electron chi connectivity index (χ0n) is 14.5. The molecule has 2 aromatic rings. The number of aryl methyl sites for hydroxylation is 1. The van der Waals surface area contributed by atoms with Gasteiger partial charge in [0.05, 0.1) is 11.3 Å². The summed E-state index contributed by atoms with van der Waals surface area (Å²) < 4.78 is 0. The minimum atomic E-state index is -0.270. The fraction of sp³-hybridized carbons (Fsp3) is 0.238. The van der Waals surface area contributed by atoms with Crippen molar-refractivity contribution < 1.29 is 9.59 Å². The summed E-state index contributed by atoms with van der Waals surface area (Å²) in [4.78, 5) is 29.9. The quantitative estimate of drug-likeness (QED) is 0.770. The number of hydrogen-bond donors (Lipinski definition) is 0. The molecule has 4 rings (SSSR count). The molecule has 0 unspecified atom stereocenters. The second kappa shape index (κ2) is 6.61. The summed E-state index contributed by atoms with van der Waals surface area (Å²) in [7, 11) is 0. The first-order valence-electron chi connectivity index (χ1n) is 8.77. The van der Waals surface area contributed by atoms with Crippen molar-refractivity contribution in [2.45, 2.75) is 19.8 Å². The number of carbonyl (C=O) groups excluding carboxylic acids is 2. The Morgan fingerprint density at radius 1 is 0.923 bits per heavy atom. The lowest BCUT2D eigenvalue weighted by Crippen LogP contribution is -2.35. The zero-order valence-corrected chi connectivity index (χ0v) is 15.3. The van der Waals surface area contributed by atoms with Gasteiger partial charge in [0.1, 0.15) is 5.70 Å². The summed E-state index contributed by atoms with van der Waals surface area (Å²) in [5, 5.41) is 0.585. The molecule has 26 heavy (non-hydrogen) atoms. The van der Waals surface area contributed by atoms with Gasteiger partial charge in [-0.15, -0.1) is 0 Å². The van der Waals surface area contributed by atoms with E-state index in [2.05, 4.69) is 0 Å². The number of carbonyl (C=O) groups is 2. The van der Waals surface area contributed by atoms with E-state index in [9.17, 15) is 9.59 Å². The van der Waals surface area contributed by atoms with E-state index in [0.717, 1.165) is 37.1 Å². The number of likely N-dealkylation sites (tertiary alicyclic amines) is 1. The van der Waals surface area contributed by atoms with Crippen LogP contribution >= 0.6 is 11.6 Å². The van der Waals surface area contributed by atoms with Gasteiger partial charge in [0.25, 0.3) is 11.8 Å². The molecule has 5 heteroatoms. The summed E-state index contributed by atoms with van der Waals surface area (Å²) in [6.07, 6.45) is 2.07. The molecule has 2 aliphatic heterocycles. The molecular formula is C21H19ClN2O2. The van der Waals surface area contributed by atoms with Crippen molar-refractivity contribution in [1.82, 2.24) is 4.90 Å². The molecule has 2 amide bonds. The fourth-order valence-electron chi connectivity index (χ4n) is 3.71. The van der Waals surface area contributed by atoms with Gasteiger partial charge in [-0.1, -0.05) is 41.9 Å². The van der Waals surface area contributed by atoms with Crippen molar-refractivity contribution in [2.75, 3.05) is 18.0 Å². The van der Waals surface area contributed by atoms with E-state index in [4.69, 9.17) is 11.6 Å². The molecule has 0 aliphatic carbocycles. The first kappa shape index (κ1) is 16.9. The molecule has 2 aromatic carbocycles. The van der Waals surface area contributed by atoms with E-state index in [-0.39, 0.29) is 11.8 Å². The van der Waals surface area contributed by atoms with Crippen LogP contribution in [0, 0.1) is 6.92 Å². The number of hydrogen-bond acceptors (Lipinski definition) is 3. The first-order valence-corrected chi connectivity index (χ1v) is 9.15. The lowest BCUT2D eigenvalue weighted by molar-refractivity contribution is -0.120. The van der Waals surface area contributed by atoms with Gasteiger partial charge in [-0.3, -0.25) is 9.59 Å². The highest BCUT2D eigenvalue weighted by Crippen LogP contribution is 2.37. The van der Waals surface area contributed by atoms with Crippen molar-refractivity contribution in [2.24, 2.45) is 0 Å². The van der Waals surface area contributed by atoms with E-state index in [1.807, 2.05) is 42.2 Å². The minimum absolute atomic E-state index is 0.249. The Labute approximate surface area is 157 Å². The van der Waals surface area contributed by atoms with Crippen molar-refractivity contribution in [1.29, 1.82) is 0 Å². The van der Waals surface area contributed by atoms with Crippen LogP contribution in [-0.2, 0) is 9.59 Å². The molecule has 0 radical (unpaired) electrons. The van der Waals surface area contributed by atoms with Gasteiger partial charge in [-0.2, -0.15) is 0 Å². The molecule has 2 heterocycles. The van der Waals surface area contributed by atoms with E-state index < -0.39 is 0 Å². The SMILES string of the molecule is Cc1cc(Cl)ccc1N1C(=O)C(c2ccccc2)=C(N2CCCC2)C1=O. The minimum Gasteiger partial charge on any atom is -0.366 e. The highest BCUT2D eigenvalue weighted by Gasteiger charge is 2.43. The van der Waals surface area contributed by atoms with Crippen LogP contribution in [0.5, 0.6) is 0 Å². The second-order valence-corrected chi connectivity index (χ2v) is 7.10. The molecule has 0 N–H and O–H groups in total. The Hall–Kier alpha value is -2.59. The summed E-state index contributed by atoms with van der Waals surface area (Å²) in [6, 6.07) is 14.7. The van der Waals surface area contributed by atoms with E-state index in [0.29, 0.717) is 22.0 Å². The first-order chi connectivity index (χ1) is 12.6. The number of anilines is 1. The van der Waals surface area contributed by atoms with E-state index in [1.165, 1.54) is 4.90 Å². The normalized spacial score (nSPS) is 17.6. The van der Waals surface area contributed by atoms with E-state index >= 15 is 0 Å². The van der Waals surface area contributed by atoms with E-state index in [1.54, 1.807) is 18.2 Å². The summed E-state index contributed by atoms with van der Waals surface area (Å²) in [6.45, 7) is 3.47. The Bertz CT molecular complexity index is 915. The van der Waals surface area contributed by atoms with Gasteiger partial charge < -0.3 is 4.90 Å². The van der Waals surface area contributed by atoms with Gasteiger partial charge in [-0.25, -0.2) is 4.90 Å². The third kappa shape index (κ3) is 2.71. The molecule has 132 valence electrons. The number of benzene rings is 2. The Morgan fingerprint density at radius 2 is 1.62 bits per heavy atom. The Morgan fingerprint density at radius 3 is 2.27 bits per heavy atom. The predicted octanol–water partition coefficient (Wildman–Crippen LogP) is 4.03. The van der Waals surface area contributed by atoms with Crippen LogP contribution < -0.4 is 4.90 Å². The van der Waals surface area contributed by atoms with Crippen molar-refractivity contribution in [3.8, 4) is 0 Å². The molecule has 0 aromatic heterocycles. The highest BCUT2D eigenvalue weighted by atomic mass is 35.5. The van der Waals surface area contributed by atoms with Crippen molar-refractivity contribution in [3.05, 3.63) is 70.4 Å². The van der Waals surface area contributed by atoms with Crippen LogP contribution in [0.4, 0.5) is 5.69 Å². The summed E-state index contributed by atoms with van der Waals surface area (Å²) >= 11 is 6.05. The average molecular weight is 367 g/mol. The van der Waals surface area contributed by atoms with Gasteiger partial charge in [0, 0.05) is 18.1 Å². The number of rotatable bonds is 3. The van der Waals surface area contributed by atoms with Gasteiger partial charge in [-0.05, 0) is 49.1 Å². The number of amides is 2. The molecule has 0 saturated carbocycles. The molecule has 0 atom stereocenters. The molecule has 4 nitrogen and oxygen atoms in total. The molecule has 0 spiro atoms. The van der Waals surface area contributed by atoms with Crippen LogP contribution in [-0.4, -0.2) is 29.8 Å². The lowest BCUT2D eigenvalue weighted by atomic mass is 10.0. The second-order valence-electron chi connectivity index (χ2n) is 6.66. The third-order valence-corrected chi connectivity index (χ3v) is 5.18. The van der Waals surface area contributed by atoms with Crippen LogP contribution in [0.2, 0.25) is 5.02 Å². The Kier molecular flexibility index (Phi) is 4.29. The smallest absolute Gasteiger partial charge is 0.282 e. The molecule has 0 bridgehead atoms. The summed E-state index contributed by atoms with van der Waals surface area (Å²) in [5.74, 6) is -0.519. The molecule has 1 fully saturated rings. The largest absolute Gasteiger partial charge is 0.366 e. The maximum Gasteiger partial charge on any atom is 0.282 e. The van der Waals surface area contributed by atoms with Crippen LogP contribution in [0.3, 0.4) is 0 Å². The molecule has 2 aliphatic rings. The van der Waals surface area contributed by atoms with Crippen molar-refractivity contribution in [3.63, 3.8) is 0 Å². The average Bonchev–Trinajstić information content (AvgIpc) is 3.23. The van der Waals surface area contributed by atoms with Crippen LogP contribution in [0.1, 0.15) is 24.0 Å². The standard InChI is InChI=1S/C21H19ClN2O2/c1-14-13-16(22)9-10-17(14)24-20(25)18(15-7-3-2-4-8-15)19(21(24)26)23-11-5-6-12-23/h2-4,7-10,13H,5-6,11-12H2,1H3. The van der Waals surface area contributed by atoms with Crippen LogP contribution in [0.25, 0.3) is 5.57 Å². The highest BCUT2D eigenvalue weighted by molar-refractivity contribution is 6.45. The zero-order chi connectivity index (χ0) is 18.3. The monoisotopic (exact) mass is 366 g/mol. The van der Waals surface area contributed by atoms with Crippen molar-refractivity contribution >= 4 is 34.7 Å². The maximum absolute atomic E-state index is 13.3. The number of imide groups is 1. The van der Waals surface area contributed by atoms with Gasteiger partial charge >= 0.3 is 0 Å². The van der Waals surface area contributed by atoms with Crippen LogP contribution in [0.15, 0.2) is 54.2 Å². The van der Waals surface area contributed by atoms with Gasteiger partial charge in [0.15, 0.2) is 0 Å². The number of nitrogens with zero attached hydrogens (tertiary/aromatic N) is 2. The predicted molar refractivity (Wildman–Crippen MR) is 103 cm³/mol. The molecule has 1 saturated heterocycles. The topological polar surface area (TPSA) is 40.6 Å². The van der Waals surface area contributed by atoms with Gasteiger partial charge in [0.2, 0.25) is 0 Å². The third-order valence-electron chi connectivity index (χ3n) is 4.94. The molecular weight excluding hydrogens is 348 g/mol. The lowest BCUT2D eigenvalue weighted by Gasteiger charge is -2.21. The number of halogens is 1. The fourth-order valence-corrected chi connectivity index (χ4v) is 3.93. The maximum atomic E-state index is 13.3. The summed E-state index contributed by atoms with van der Waals surface area (Å²) in [5.41, 5.74) is 3.18.